The Morgan fingerprint density at radius 1 is 1.04 bits per heavy atom. The van der Waals surface area contributed by atoms with Gasteiger partial charge in [-0.05, 0) is 31.0 Å². The van der Waals surface area contributed by atoms with Crippen molar-refractivity contribution < 1.29 is 12.4 Å². The van der Waals surface area contributed by atoms with E-state index in [2.05, 4.69) is 19.1 Å². The maximum atomic E-state index is 13.3. The fourth-order valence-electron chi connectivity index (χ4n) is 3.60. The minimum Gasteiger partial charge on any atom is -0.158 e. The number of nitrogens with zero attached hydrogens (tertiary/aromatic N) is 1. The molecule has 25 heavy (non-hydrogen) atoms. The first kappa shape index (κ1) is 17.9. The smallest absolute Gasteiger partial charge is 0.158 e. The van der Waals surface area contributed by atoms with E-state index in [1.54, 1.807) is 16.1 Å². The molecule has 3 nitrogen and oxygen atoms in total. The second kappa shape index (κ2) is 7.52. The van der Waals surface area contributed by atoms with Gasteiger partial charge in [0.1, 0.15) is 4.90 Å². The van der Waals surface area contributed by atoms with Crippen molar-refractivity contribution in [2.75, 3.05) is 0 Å². The van der Waals surface area contributed by atoms with Gasteiger partial charge in [-0.1, -0.05) is 55.0 Å². The Kier molecular flexibility index (Phi) is 5.38. The first-order valence-corrected chi connectivity index (χ1v) is 10.5. The van der Waals surface area contributed by atoms with Crippen molar-refractivity contribution in [3.63, 3.8) is 0 Å². The van der Waals surface area contributed by atoms with E-state index in [4.69, 9.17) is 0 Å². The standard InChI is InChI=1S/C21H26NO2S/c1-3-7-19-12-13-20(16-18-8-5-4-6-9-18)22(19)25(23,24)21-14-10-17(2)11-15-21/h4-6,8-11,14-15,20H,3,7,12-13,16H2,1-2H3/q+1/t20-/m0/s1. The molecule has 132 valence electrons. The Morgan fingerprint density at radius 3 is 2.36 bits per heavy atom. The molecule has 0 saturated heterocycles. The molecule has 0 aliphatic carbocycles. The number of sulfonamides is 1. The topological polar surface area (TPSA) is 37.1 Å². The van der Waals surface area contributed by atoms with E-state index in [1.807, 2.05) is 37.3 Å². The fraction of sp³-hybridized carbons (Fsp3) is 0.381. The van der Waals surface area contributed by atoms with Crippen molar-refractivity contribution in [1.29, 1.82) is 0 Å². The van der Waals surface area contributed by atoms with Gasteiger partial charge in [-0.2, -0.15) is 8.42 Å². The quantitative estimate of drug-likeness (QED) is 0.722. The molecule has 4 heteroatoms. The molecular formula is C21H26NO2S+. The summed E-state index contributed by atoms with van der Waals surface area (Å²) in [5, 5.41) is 0. The third-order valence-electron chi connectivity index (χ3n) is 4.84. The lowest BCUT2D eigenvalue weighted by molar-refractivity contribution is -0.406. The van der Waals surface area contributed by atoms with E-state index in [0.29, 0.717) is 4.90 Å². The van der Waals surface area contributed by atoms with Crippen LogP contribution >= 0.6 is 0 Å². The van der Waals surface area contributed by atoms with Crippen LogP contribution in [0, 0.1) is 6.92 Å². The number of hydrogen-bond acceptors (Lipinski definition) is 2. The van der Waals surface area contributed by atoms with Gasteiger partial charge in [0.05, 0.1) is 0 Å². The van der Waals surface area contributed by atoms with E-state index in [-0.39, 0.29) is 6.04 Å². The number of aryl methyl sites for hydroxylation is 1. The molecule has 1 atom stereocenters. The average Bonchev–Trinajstić information content (AvgIpc) is 3.00. The largest absolute Gasteiger partial charge is 0.395 e. The lowest BCUT2D eigenvalue weighted by Crippen LogP contribution is -2.32. The highest BCUT2D eigenvalue weighted by molar-refractivity contribution is 7.85. The van der Waals surface area contributed by atoms with Crippen molar-refractivity contribution in [1.82, 2.24) is 0 Å². The molecule has 0 radical (unpaired) electrons. The van der Waals surface area contributed by atoms with Gasteiger partial charge >= 0.3 is 10.0 Å². The monoisotopic (exact) mass is 356 g/mol. The Labute approximate surface area is 151 Å². The van der Waals surface area contributed by atoms with Gasteiger partial charge in [0.2, 0.25) is 0 Å². The Balaban J connectivity index is 2.00. The highest BCUT2D eigenvalue weighted by Gasteiger charge is 2.42. The molecule has 0 amide bonds. The minimum absolute atomic E-state index is 0.00949. The molecule has 2 aromatic carbocycles. The summed E-state index contributed by atoms with van der Waals surface area (Å²) in [6, 6.07) is 17.4. The number of hydrogen-bond donors (Lipinski definition) is 0. The molecule has 3 rings (SSSR count). The van der Waals surface area contributed by atoms with Crippen molar-refractivity contribution in [3.8, 4) is 0 Å². The minimum atomic E-state index is -3.50. The zero-order chi connectivity index (χ0) is 17.9. The first-order chi connectivity index (χ1) is 12.0. The van der Waals surface area contributed by atoms with E-state index < -0.39 is 10.0 Å². The van der Waals surface area contributed by atoms with Gasteiger partial charge in [-0.15, -0.1) is 3.98 Å². The third-order valence-corrected chi connectivity index (χ3v) is 6.78. The van der Waals surface area contributed by atoms with Crippen molar-refractivity contribution in [3.05, 3.63) is 65.7 Å². The van der Waals surface area contributed by atoms with Crippen LogP contribution in [0.3, 0.4) is 0 Å². The normalized spacial score (nSPS) is 17.9. The highest BCUT2D eigenvalue weighted by Crippen LogP contribution is 2.26. The highest BCUT2D eigenvalue weighted by atomic mass is 32.2. The van der Waals surface area contributed by atoms with Crippen LogP contribution in [-0.2, 0) is 16.4 Å². The van der Waals surface area contributed by atoms with Crippen LogP contribution in [0.2, 0.25) is 0 Å². The van der Waals surface area contributed by atoms with Crippen LogP contribution in [0.5, 0.6) is 0 Å². The number of benzene rings is 2. The molecule has 0 N–H and O–H groups in total. The molecule has 0 unspecified atom stereocenters. The zero-order valence-corrected chi connectivity index (χ0v) is 15.8. The van der Waals surface area contributed by atoms with Crippen molar-refractivity contribution in [2.45, 2.75) is 56.9 Å². The summed E-state index contributed by atoms with van der Waals surface area (Å²) in [6.45, 7) is 4.08. The van der Waals surface area contributed by atoms with Gasteiger partial charge in [0, 0.05) is 25.7 Å². The van der Waals surface area contributed by atoms with Crippen LogP contribution in [0.4, 0.5) is 0 Å². The molecule has 0 spiro atoms. The van der Waals surface area contributed by atoms with Crippen LogP contribution in [0.1, 0.15) is 43.7 Å². The Morgan fingerprint density at radius 2 is 1.72 bits per heavy atom. The van der Waals surface area contributed by atoms with Gasteiger partial charge in [0.25, 0.3) is 0 Å². The average molecular weight is 357 g/mol. The molecule has 1 aliphatic rings. The van der Waals surface area contributed by atoms with Crippen molar-refractivity contribution >= 4 is 15.7 Å². The molecule has 0 fully saturated rings. The van der Waals surface area contributed by atoms with Crippen LogP contribution in [-0.4, -0.2) is 24.2 Å². The van der Waals surface area contributed by atoms with E-state index >= 15 is 0 Å². The van der Waals surface area contributed by atoms with E-state index in [1.165, 1.54) is 5.56 Å². The van der Waals surface area contributed by atoms with Crippen LogP contribution < -0.4 is 0 Å². The van der Waals surface area contributed by atoms with Gasteiger partial charge in [-0.25, -0.2) is 0 Å². The number of rotatable bonds is 6. The summed E-state index contributed by atoms with van der Waals surface area (Å²) in [5.74, 6) is 0. The predicted molar refractivity (Wildman–Crippen MR) is 102 cm³/mol. The van der Waals surface area contributed by atoms with Crippen molar-refractivity contribution in [2.24, 2.45) is 0 Å². The molecule has 1 heterocycles. The molecule has 0 aromatic heterocycles. The predicted octanol–water partition coefficient (Wildman–Crippen LogP) is 4.34. The maximum Gasteiger partial charge on any atom is 0.395 e. The summed E-state index contributed by atoms with van der Waals surface area (Å²) >= 11 is 0. The second-order valence-corrected chi connectivity index (χ2v) is 8.63. The summed E-state index contributed by atoms with van der Waals surface area (Å²) in [5.41, 5.74) is 3.32. The zero-order valence-electron chi connectivity index (χ0n) is 15.0. The lowest BCUT2D eigenvalue weighted by Gasteiger charge is -2.12. The fourth-order valence-corrected chi connectivity index (χ4v) is 5.41. The van der Waals surface area contributed by atoms with Gasteiger partial charge in [-0.3, -0.25) is 0 Å². The lowest BCUT2D eigenvalue weighted by atomic mass is 10.0. The molecule has 0 saturated carbocycles. The summed E-state index contributed by atoms with van der Waals surface area (Å²) in [6.07, 6.45) is 4.34. The maximum absolute atomic E-state index is 13.3. The van der Waals surface area contributed by atoms with Crippen LogP contribution in [0.25, 0.3) is 0 Å². The van der Waals surface area contributed by atoms with Gasteiger partial charge in [0.15, 0.2) is 11.8 Å². The van der Waals surface area contributed by atoms with E-state index in [9.17, 15) is 8.42 Å². The summed E-state index contributed by atoms with van der Waals surface area (Å²) in [4.78, 5) is 0.395. The van der Waals surface area contributed by atoms with E-state index in [0.717, 1.165) is 43.4 Å². The second-order valence-electron chi connectivity index (χ2n) is 6.81. The van der Waals surface area contributed by atoms with Gasteiger partial charge < -0.3 is 0 Å². The Bertz CT molecular complexity index is 853. The Hall–Kier alpha value is -1.94. The first-order valence-electron chi connectivity index (χ1n) is 9.02. The molecule has 1 aliphatic heterocycles. The SMILES string of the molecule is CCCC1=[N+](S(=O)(=O)c2ccc(C)cc2)[C@H](Cc2ccccc2)CC1. The molecule has 2 aromatic rings. The summed E-state index contributed by atoms with van der Waals surface area (Å²) < 4.78 is 28.4. The third kappa shape index (κ3) is 3.84. The molecule has 0 bridgehead atoms. The van der Waals surface area contributed by atoms with Crippen LogP contribution in [0.15, 0.2) is 59.5 Å². The molecular weight excluding hydrogens is 330 g/mol. The summed E-state index contributed by atoms with van der Waals surface area (Å²) in [7, 11) is -3.50.